The van der Waals surface area contributed by atoms with E-state index >= 15 is 0 Å². The topological polar surface area (TPSA) is 51.9 Å². The number of halogens is 1. The third-order valence-electron chi connectivity index (χ3n) is 5.07. The summed E-state index contributed by atoms with van der Waals surface area (Å²) in [5.74, 6) is -0.598. The first-order valence-corrected chi connectivity index (χ1v) is 10.0. The second kappa shape index (κ2) is 7.75. The van der Waals surface area contributed by atoms with Crippen LogP contribution in [-0.4, -0.2) is 20.3 Å². The van der Waals surface area contributed by atoms with Gasteiger partial charge >= 0.3 is 0 Å². The molecule has 0 unspecified atom stereocenters. The van der Waals surface area contributed by atoms with Gasteiger partial charge in [-0.2, -0.15) is 5.10 Å². The molecule has 0 fully saturated rings. The molecule has 2 heterocycles. The molecule has 4 aromatic rings. The first kappa shape index (κ1) is 19.3. The Balaban J connectivity index is 1.56. The second-order valence-corrected chi connectivity index (χ2v) is 7.98. The van der Waals surface area contributed by atoms with Crippen LogP contribution in [0.4, 0.5) is 4.39 Å². The minimum Gasteiger partial charge on any atom is -0.346 e. The first-order chi connectivity index (χ1) is 14.0. The maximum atomic E-state index is 14.4. The van der Waals surface area contributed by atoms with Gasteiger partial charge < -0.3 is 9.88 Å². The van der Waals surface area contributed by atoms with E-state index in [0.29, 0.717) is 16.8 Å². The van der Waals surface area contributed by atoms with Crippen molar-refractivity contribution in [3.05, 3.63) is 77.5 Å². The van der Waals surface area contributed by atoms with Gasteiger partial charge in [-0.3, -0.25) is 9.48 Å². The molecule has 1 N–H and O–H groups in total. The molecule has 0 saturated heterocycles. The summed E-state index contributed by atoms with van der Waals surface area (Å²) >= 11 is 1.62. The van der Waals surface area contributed by atoms with Crippen molar-refractivity contribution in [3.63, 3.8) is 0 Å². The quantitative estimate of drug-likeness (QED) is 0.531. The standard InChI is InChI=1S/C22H21FN4OS/c1-14-20(29-16-7-5-4-6-8-16)11-19(26(14)2)22(28)24-13-17-18(23)10-9-15-12-25-27(3)21(15)17/h4-12H,13H2,1-3H3,(H,24,28). The minimum absolute atomic E-state index is 0.0902. The minimum atomic E-state index is -0.357. The van der Waals surface area contributed by atoms with Crippen LogP contribution in [0.5, 0.6) is 0 Å². The molecule has 2 aromatic heterocycles. The van der Waals surface area contributed by atoms with E-state index in [1.165, 1.54) is 6.07 Å². The summed E-state index contributed by atoms with van der Waals surface area (Å²) in [5, 5.41) is 7.88. The summed E-state index contributed by atoms with van der Waals surface area (Å²) in [6.07, 6.45) is 1.69. The fourth-order valence-corrected chi connectivity index (χ4v) is 4.36. The second-order valence-electron chi connectivity index (χ2n) is 6.87. The third-order valence-corrected chi connectivity index (χ3v) is 6.21. The molecule has 0 aliphatic heterocycles. The monoisotopic (exact) mass is 408 g/mol. The first-order valence-electron chi connectivity index (χ1n) is 9.22. The zero-order chi connectivity index (χ0) is 20.5. The van der Waals surface area contributed by atoms with Crippen molar-refractivity contribution in [1.82, 2.24) is 19.7 Å². The molecule has 4 rings (SSSR count). The molecule has 0 radical (unpaired) electrons. The van der Waals surface area contributed by atoms with E-state index in [4.69, 9.17) is 0 Å². The van der Waals surface area contributed by atoms with Crippen LogP contribution in [0.2, 0.25) is 0 Å². The molecule has 7 heteroatoms. The third kappa shape index (κ3) is 3.65. The van der Waals surface area contributed by atoms with Crippen LogP contribution >= 0.6 is 11.8 Å². The van der Waals surface area contributed by atoms with E-state index in [-0.39, 0.29) is 18.3 Å². The lowest BCUT2D eigenvalue weighted by molar-refractivity contribution is 0.0942. The summed E-state index contributed by atoms with van der Waals surface area (Å²) in [6.45, 7) is 2.07. The van der Waals surface area contributed by atoms with Gasteiger partial charge in [0.2, 0.25) is 0 Å². The number of aryl methyl sites for hydroxylation is 1. The van der Waals surface area contributed by atoms with Crippen LogP contribution in [0.3, 0.4) is 0 Å². The van der Waals surface area contributed by atoms with Gasteiger partial charge in [0.1, 0.15) is 11.5 Å². The van der Waals surface area contributed by atoms with Crippen LogP contribution < -0.4 is 5.32 Å². The Morgan fingerprint density at radius 1 is 1.17 bits per heavy atom. The molecule has 5 nitrogen and oxygen atoms in total. The Kier molecular flexibility index (Phi) is 5.15. The fraction of sp³-hybridized carbons (Fsp3) is 0.182. The Hall–Kier alpha value is -3.06. The van der Waals surface area contributed by atoms with E-state index in [0.717, 1.165) is 20.9 Å². The number of hydrogen-bond donors (Lipinski definition) is 1. The maximum Gasteiger partial charge on any atom is 0.268 e. The number of hydrogen-bond acceptors (Lipinski definition) is 3. The van der Waals surface area contributed by atoms with E-state index in [1.54, 1.807) is 35.8 Å². The van der Waals surface area contributed by atoms with Gasteiger partial charge in [0.25, 0.3) is 5.91 Å². The van der Waals surface area contributed by atoms with Crippen molar-refractivity contribution in [1.29, 1.82) is 0 Å². The highest BCUT2D eigenvalue weighted by Crippen LogP contribution is 2.32. The van der Waals surface area contributed by atoms with Gasteiger partial charge in [0.05, 0.1) is 11.7 Å². The number of carbonyl (C=O) groups is 1. The molecule has 0 saturated carbocycles. The van der Waals surface area contributed by atoms with Gasteiger partial charge in [-0.1, -0.05) is 30.0 Å². The average molecular weight is 409 g/mol. The number of nitrogens with zero attached hydrogens (tertiary/aromatic N) is 3. The highest BCUT2D eigenvalue weighted by molar-refractivity contribution is 7.99. The van der Waals surface area contributed by atoms with Crippen LogP contribution in [-0.2, 0) is 20.6 Å². The number of benzene rings is 2. The molecule has 0 bridgehead atoms. The summed E-state index contributed by atoms with van der Waals surface area (Å²) < 4.78 is 17.9. The number of rotatable bonds is 5. The van der Waals surface area contributed by atoms with Gasteiger partial charge in [-0.25, -0.2) is 4.39 Å². The SMILES string of the molecule is Cc1c(Sc2ccccc2)cc(C(=O)NCc2c(F)ccc3cnn(C)c23)n1C. The van der Waals surface area contributed by atoms with Crippen molar-refractivity contribution in [2.75, 3.05) is 0 Å². The largest absolute Gasteiger partial charge is 0.346 e. The van der Waals surface area contributed by atoms with Crippen molar-refractivity contribution in [3.8, 4) is 0 Å². The molecular weight excluding hydrogens is 387 g/mol. The predicted molar refractivity (Wildman–Crippen MR) is 113 cm³/mol. The molecule has 29 heavy (non-hydrogen) atoms. The lowest BCUT2D eigenvalue weighted by atomic mass is 10.1. The Morgan fingerprint density at radius 3 is 2.69 bits per heavy atom. The molecule has 148 valence electrons. The normalized spacial score (nSPS) is 11.2. The average Bonchev–Trinajstić information content (AvgIpc) is 3.23. The van der Waals surface area contributed by atoms with Crippen molar-refractivity contribution in [2.24, 2.45) is 14.1 Å². The molecule has 2 aromatic carbocycles. The number of nitrogens with one attached hydrogen (secondary N) is 1. The highest BCUT2D eigenvalue weighted by atomic mass is 32.2. The molecule has 0 spiro atoms. The van der Waals surface area contributed by atoms with Crippen molar-refractivity contribution >= 4 is 28.6 Å². The summed E-state index contributed by atoms with van der Waals surface area (Å²) in [4.78, 5) is 15.0. The lowest BCUT2D eigenvalue weighted by Gasteiger charge is -2.10. The zero-order valence-corrected chi connectivity index (χ0v) is 17.3. The van der Waals surface area contributed by atoms with Gasteiger partial charge in [-0.05, 0) is 37.3 Å². The molecule has 1 amide bonds. The van der Waals surface area contributed by atoms with Crippen LogP contribution in [0.1, 0.15) is 21.7 Å². The van der Waals surface area contributed by atoms with E-state index in [1.807, 2.05) is 54.9 Å². The van der Waals surface area contributed by atoms with Crippen molar-refractivity contribution in [2.45, 2.75) is 23.3 Å². The predicted octanol–water partition coefficient (Wildman–Crippen LogP) is 4.44. The van der Waals surface area contributed by atoms with E-state index in [9.17, 15) is 9.18 Å². The Labute approximate surface area is 172 Å². The number of carbonyl (C=O) groups excluding carboxylic acids is 1. The van der Waals surface area contributed by atoms with E-state index in [2.05, 4.69) is 10.4 Å². The lowest BCUT2D eigenvalue weighted by Crippen LogP contribution is -2.25. The number of fused-ring (bicyclic) bond motifs is 1. The highest BCUT2D eigenvalue weighted by Gasteiger charge is 2.18. The number of amides is 1. The van der Waals surface area contributed by atoms with E-state index < -0.39 is 0 Å². The summed E-state index contributed by atoms with van der Waals surface area (Å²) in [6, 6.07) is 15.0. The van der Waals surface area contributed by atoms with Crippen LogP contribution in [0.15, 0.2) is 64.5 Å². The smallest absolute Gasteiger partial charge is 0.268 e. The maximum absolute atomic E-state index is 14.4. The molecule has 0 atom stereocenters. The molecule has 0 aliphatic rings. The molecule has 0 aliphatic carbocycles. The zero-order valence-electron chi connectivity index (χ0n) is 16.4. The molecular formula is C22H21FN4OS. The van der Waals surface area contributed by atoms with Crippen LogP contribution in [0, 0.1) is 12.7 Å². The van der Waals surface area contributed by atoms with Gasteiger partial charge in [0, 0.05) is 47.1 Å². The van der Waals surface area contributed by atoms with Crippen LogP contribution in [0.25, 0.3) is 10.9 Å². The summed E-state index contributed by atoms with van der Waals surface area (Å²) in [5.41, 5.74) is 2.66. The Morgan fingerprint density at radius 2 is 1.93 bits per heavy atom. The van der Waals surface area contributed by atoms with Gasteiger partial charge in [0.15, 0.2) is 0 Å². The summed E-state index contributed by atoms with van der Waals surface area (Å²) in [7, 11) is 3.63. The number of aromatic nitrogens is 3. The Bertz CT molecular complexity index is 1200. The van der Waals surface area contributed by atoms with Crippen molar-refractivity contribution < 1.29 is 9.18 Å². The fourth-order valence-electron chi connectivity index (χ4n) is 3.36. The van der Waals surface area contributed by atoms with Gasteiger partial charge in [-0.15, -0.1) is 0 Å².